The molecular formula is C12H13ClFN3O2. The second-order valence-electron chi connectivity index (χ2n) is 3.73. The van der Waals surface area contributed by atoms with Gasteiger partial charge in [0.25, 0.3) is 0 Å². The molecule has 7 heteroatoms. The minimum Gasteiger partial charge on any atom is -0.349 e. The number of nitrogens with one attached hydrogen (secondary N) is 1. The molecule has 1 N–H and O–H groups in total. The van der Waals surface area contributed by atoms with Crippen LogP contribution in [-0.4, -0.2) is 35.3 Å². The van der Waals surface area contributed by atoms with Gasteiger partial charge in [0.1, 0.15) is 0 Å². The van der Waals surface area contributed by atoms with Crippen molar-refractivity contribution in [1.29, 1.82) is 0 Å². The zero-order valence-corrected chi connectivity index (χ0v) is 11.1. The number of carbonyl (C=O) groups is 2. The minimum absolute atomic E-state index is 0.0403. The lowest BCUT2D eigenvalue weighted by molar-refractivity contribution is -0.131. The van der Waals surface area contributed by atoms with Gasteiger partial charge >= 0.3 is 0 Å². The summed E-state index contributed by atoms with van der Waals surface area (Å²) in [4.78, 5) is 27.6. The highest BCUT2D eigenvalue weighted by atomic mass is 35.5. The van der Waals surface area contributed by atoms with Gasteiger partial charge in [-0.3, -0.25) is 14.6 Å². The van der Waals surface area contributed by atoms with Crippen LogP contribution in [0.25, 0.3) is 0 Å². The summed E-state index contributed by atoms with van der Waals surface area (Å²) in [6.07, 6.45) is 2.45. The molecule has 1 heterocycles. The molecule has 5 nitrogen and oxygen atoms in total. The molecule has 0 aromatic carbocycles. The van der Waals surface area contributed by atoms with Crippen molar-refractivity contribution in [3.05, 3.63) is 41.5 Å². The SMILES string of the molecule is C=CC(=O)N(C)CC(=O)NCc1nccc(Cl)c1F. The average Bonchev–Trinajstić information content (AvgIpc) is 2.39. The first-order valence-electron chi connectivity index (χ1n) is 5.38. The summed E-state index contributed by atoms with van der Waals surface area (Å²) in [5, 5.41) is 2.39. The molecule has 0 aliphatic rings. The van der Waals surface area contributed by atoms with E-state index in [9.17, 15) is 14.0 Å². The van der Waals surface area contributed by atoms with Crippen LogP contribution in [0.5, 0.6) is 0 Å². The summed E-state index contributed by atoms with van der Waals surface area (Å²) in [7, 11) is 1.46. The summed E-state index contributed by atoms with van der Waals surface area (Å²) < 4.78 is 13.5. The summed E-state index contributed by atoms with van der Waals surface area (Å²) in [5.74, 6) is -1.47. The molecule has 0 atom stereocenters. The second kappa shape index (κ2) is 6.84. The number of aromatic nitrogens is 1. The topological polar surface area (TPSA) is 62.3 Å². The Kier molecular flexibility index (Phi) is 5.44. The van der Waals surface area contributed by atoms with E-state index in [2.05, 4.69) is 16.9 Å². The maximum atomic E-state index is 13.5. The summed E-state index contributed by atoms with van der Waals surface area (Å²) in [6, 6.07) is 1.32. The molecule has 0 aliphatic heterocycles. The van der Waals surface area contributed by atoms with E-state index in [-0.39, 0.29) is 29.7 Å². The number of carbonyl (C=O) groups excluding carboxylic acids is 2. The quantitative estimate of drug-likeness (QED) is 0.825. The number of likely N-dealkylation sites (N-methyl/N-ethyl adjacent to an activating group) is 1. The van der Waals surface area contributed by atoms with E-state index < -0.39 is 11.7 Å². The number of hydrogen-bond acceptors (Lipinski definition) is 3. The summed E-state index contributed by atoms with van der Waals surface area (Å²) in [5.41, 5.74) is 0.0403. The smallest absolute Gasteiger partial charge is 0.246 e. The van der Waals surface area contributed by atoms with Gasteiger partial charge in [0.05, 0.1) is 23.8 Å². The van der Waals surface area contributed by atoms with Gasteiger partial charge in [-0.1, -0.05) is 18.2 Å². The van der Waals surface area contributed by atoms with Crippen LogP contribution in [0.4, 0.5) is 4.39 Å². The van der Waals surface area contributed by atoms with E-state index in [0.29, 0.717) is 0 Å². The first-order chi connectivity index (χ1) is 8.95. The third-order valence-corrected chi connectivity index (χ3v) is 2.59. The van der Waals surface area contributed by atoms with Crippen LogP contribution in [0.15, 0.2) is 24.9 Å². The van der Waals surface area contributed by atoms with Crippen LogP contribution in [0.1, 0.15) is 5.69 Å². The molecule has 0 unspecified atom stereocenters. The molecule has 102 valence electrons. The third kappa shape index (κ3) is 4.33. The van der Waals surface area contributed by atoms with Gasteiger partial charge < -0.3 is 10.2 Å². The van der Waals surface area contributed by atoms with Gasteiger partial charge in [-0.05, 0) is 12.1 Å². The van der Waals surface area contributed by atoms with Crippen molar-refractivity contribution in [3.63, 3.8) is 0 Å². The molecule has 1 rings (SSSR count). The van der Waals surface area contributed by atoms with Crippen molar-refractivity contribution < 1.29 is 14.0 Å². The molecular weight excluding hydrogens is 273 g/mol. The summed E-state index contributed by atoms with van der Waals surface area (Å²) in [6.45, 7) is 3.06. The van der Waals surface area contributed by atoms with Crippen LogP contribution < -0.4 is 5.32 Å². The largest absolute Gasteiger partial charge is 0.349 e. The second-order valence-corrected chi connectivity index (χ2v) is 4.14. The van der Waals surface area contributed by atoms with Gasteiger partial charge in [-0.2, -0.15) is 0 Å². The lowest BCUT2D eigenvalue weighted by Crippen LogP contribution is -2.37. The number of rotatable bonds is 5. The van der Waals surface area contributed by atoms with Gasteiger partial charge in [-0.25, -0.2) is 4.39 Å². The molecule has 0 radical (unpaired) electrons. The number of nitrogens with zero attached hydrogens (tertiary/aromatic N) is 2. The molecule has 0 saturated carbocycles. The molecule has 2 amide bonds. The van der Waals surface area contributed by atoms with Gasteiger partial charge in [0.2, 0.25) is 11.8 Å². The van der Waals surface area contributed by atoms with Gasteiger partial charge in [0.15, 0.2) is 5.82 Å². The molecule has 0 saturated heterocycles. The Hall–Kier alpha value is -1.95. The highest BCUT2D eigenvalue weighted by Gasteiger charge is 2.12. The molecule has 0 bridgehead atoms. The van der Waals surface area contributed by atoms with Crippen LogP contribution in [0, 0.1) is 5.82 Å². The van der Waals surface area contributed by atoms with Crippen molar-refractivity contribution in [1.82, 2.24) is 15.2 Å². The predicted octanol–water partition coefficient (Wildman–Crippen LogP) is 1.13. The lowest BCUT2D eigenvalue weighted by Gasteiger charge is -2.14. The Balaban J connectivity index is 2.53. The molecule has 1 aromatic rings. The molecule has 0 fully saturated rings. The maximum Gasteiger partial charge on any atom is 0.246 e. The predicted molar refractivity (Wildman–Crippen MR) is 68.9 cm³/mol. The van der Waals surface area contributed by atoms with Crippen molar-refractivity contribution >= 4 is 23.4 Å². The molecule has 1 aromatic heterocycles. The number of amides is 2. The van der Waals surface area contributed by atoms with E-state index in [1.807, 2.05) is 0 Å². The van der Waals surface area contributed by atoms with E-state index >= 15 is 0 Å². The Morgan fingerprint density at radius 2 is 2.32 bits per heavy atom. The highest BCUT2D eigenvalue weighted by molar-refractivity contribution is 6.30. The normalized spacial score (nSPS) is 9.84. The van der Waals surface area contributed by atoms with Gasteiger partial charge in [0, 0.05) is 13.2 Å². The van der Waals surface area contributed by atoms with E-state index in [1.54, 1.807) is 0 Å². The van der Waals surface area contributed by atoms with E-state index in [4.69, 9.17) is 11.6 Å². The fourth-order valence-corrected chi connectivity index (χ4v) is 1.44. The third-order valence-electron chi connectivity index (χ3n) is 2.30. The highest BCUT2D eigenvalue weighted by Crippen LogP contribution is 2.15. The molecule has 0 spiro atoms. The Morgan fingerprint density at radius 1 is 1.63 bits per heavy atom. The monoisotopic (exact) mass is 285 g/mol. The van der Waals surface area contributed by atoms with Crippen LogP contribution >= 0.6 is 11.6 Å². The first-order valence-corrected chi connectivity index (χ1v) is 5.76. The van der Waals surface area contributed by atoms with E-state index in [0.717, 1.165) is 6.08 Å². The van der Waals surface area contributed by atoms with Gasteiger partial charge in [-0.15, -0.1) is 0 Å². The number of pyridine rings is 1. The fraction of sp³-hybridized carbons (Fsp3) is 0.250. The van der Waals surface area contributed by atoms with E-state index in [1.165, 1.54) is 24.2 Å². The number of hydrogen-bond donors (Lipinski definition) is 1. The zero-order chi connectivity index (χ0) is 14.4. The average molecular weight is 286 g/mol. The Bertz CT molecular complexity index is 508. The maximum absolute atomic E-state index is 13.5. The number of halogens is 2. The van der Waals surface area contributed by atoms with Crippen LogP contribution in [-0.2, 0) is 16.1 Å². The lowest BCUT2D eigenvalue weighted by atomic mass is 10.3. The molecule has 0 aliphatic carbocycles. The van der Waals surface area contributed by atoms with Crippen molar-refractivity contribution in [2.24, 2.45) is 0 Å². The van der Waals surface area contributed by atoms with Crippen LogP contribution in [0.3, 0.4) is 0 Å². The Morgan fingerprint density at radius 3 is 2.95 bits per heavy atom. The Labute approximate surface area is 115 Å². The van der Waals surface area contributed by atoms with Crippen molar-refractivity contribution in [3.8, 4) is 0 Å². The fourth-order valence-electron chi connectivity index (χ4n) is 1.27. The zero-order valence-electron chi connectivity index (χ0n) is 10.3. The van der Waals surface area contributed by atoms with Crippen molar-refractivity contribution in [2.75, 3.05) is 13.6 Å². The minimum atomic E-state index is -0.667. The standard InChI is InChI=1S/C12H13ClFN3O2/c1-3-11(19)17(2)7-10(18)16-6-9-12(14)8(13)4-5-15-9/h3-5H,1,6-7H2,2H3,(H,16,18). The van der Waals surface area contributed by atoms with Crippen molar-refractivity contribution in [2.45, 2.75) is 6.54 Å². The first kappa shape index (κ1) is 15.1. The summed E-state index contributed by atoms with van der Waals surface area (Å²) >= 11 is 5.58. The van der Waals surface area contributed by atoms with Crippen LogP contribution in [0.2, 0.25) is 5.02 Å². The molecule has 19 heavy (non-hydrogen) atoms.